The summed E-state index contributed by atoms with van der Waals surface area (Å²) >= 11 is 0. The number of nitrogens with zero attached hydrogens (tertiary/aromatic N) is 6. The summed E-state index contributed by atoms with van der Waals surface area (Å²) in [5.41, 5.74) is -9.83. The van der Waals surface area contributed by atoms with Crippen molar-refractivity contribution in [2.24, 2.45) is 0 Å². The van der Waals surface area contributed by atoms with Crippen LogP contribution in [0, 0.1) is 0 Å². The van der Waals surface area contributed by atoms with Crippen LogP contribution in [0.3, 0.4) is 0 Å². The summed E-state index contributed by atoms with van der Waals surface area (Å²) < 4.78 is 211. The van der Waals surface area contributed by atoms with Gasteiger partial charge in [-0.2, -0.15) is 79.0 Å². The van der Waals surface area contributed by atoms with Crippen LogP contribution in [0.1, 0.15) is 34.2 Å². The van der Waals surface area contributed by atoms with Crippen LogP contribution in [0.25, 0.3) is 0 Å². The van der Waals surface area contributed by atoms with Crippen LogP contribution in [0.4, 0.5) is 79.0 Å². The SMILES string of the molecule is FC(F)(F)c1cc(C(F)(F)F)[n-]n1.FC(F)(F)c1cc(C(F)(F)F)[n-]n1.FC(F)(F)c1cc(C(F)(F)F)[n-]n1.[Au+].[Au+].[Au+]. The molecule has 3 rings (SSSR count). The minimum atomic E-state index is -4.89. The van der Waals surface area contributed by atoms with E-state index in [9.17, 15) is 79.0 Å². The molecule has 27 heteroatoms. The molecule has 0 radical (unpaired) electrons. The van der Waals surface area contributed by atoms with Crippen molar-refractivity contribution in [3.05, 3.63) is 52.4 Å². The van der Waals surface area contributed by atoms with Gasteiger partial charge in [-0.1, -0.05) is 0 Å². The van der Waals surface area contributed by atoms with Crippen molar-refractivity contribution in [2.75, 3.05) is 0 Å². The van der Waals surface area contributed by atoms with Gasteiger partial charge < -0.3 is 30.6 Å². The molecule has 3 heterocycles. The summed E-state index contributed by atoms with van der Waals surface area (Å²) in [6.45, 7) is 0. The quantitative estimate of drug-likeness (QED) is 0.197. The Morgan fingerprint density at radius 1 is 0.333 bits per heavy atom. The third-order valence-corrected chi connectivity index (χ3v) is 3.36. The van der Waals surface area contributed by atoms with Crippen molar-refractivity contribution in [1.29, 1.82) is 0 Å². The topological polar surface area (TPSA) is 81.0 Å². The number of hydrogen-bond donors (Lipinski definition) is 0. The average molecular weight is 1200 g/mol. The van der Waals surface area contributed by atoms with E-state index >= 15 is 0 Å². The summed E-state index contributed by atoms with van der Waals surface area (Å²) in [5, 5.41) is 14.2. The number of rotatable bonds is 0. The second-order valence-corrected chi connectivity index (χ2v) is 6.33. The first-order chi connectivity index (χ1) is 17.1. The summed E-state index contributed by atoms with van der Waals surface area (Å²) in [5.74, 6) is 0. The fourth-order valence-corrected chi connectivity index (χ4v) is 1.72. The molecule has 0 fully saturated rings. The molecular weight excluding hydrogens is 1200 g/mol. The van der Waals surface area contributed by atoms with Gasteiger partial charge in [0.15, 0.2) is 0 Å². The van der Waals surface area contributed by atoms with Gasteiger partial charge in [0.05, 0.1) is 0 Å². The van der Waals surface area contributed by atoms with E-state index in [1.54, 1.807) is 0 Å². The molecule has 3 aromatic heterocycles. The molecule has 0 saturated heterocycles. The van der Waals surface area contributed by atoms with Crippen LogP contribution in [-0.4, -0.2) is 15.3 Å². The Balaban J connectivity index is -0.000000524. The zero-order chi connectivity index (χ0) is 30.8. The van der Waals surface area contributed by atoms with Crippen molar-refractivity contribution in [1.82, 2.24) is 30.6 Å². The maximum atomic E-state index is 11.7. The summed E-state index contributed by atoms with van der Waals surface area (Å²) in [6.07, 6.45) is -29.4. The molecule has 0 atom stereocenters. The van der Waals surface area contributed by atoms with Gasteiger partial charge in [0.25, 0.3) is 0 Å². The Bertz CT molecular complexity index is 962. The van der Waals surface area contributed by atoms with Gasteiger partial charge in [0.1, 0.15) is 17.1 Å². The second kappa shape index (κ2) is 15.5. The Morgan fingerprint density at radius 3 is 0.571 bits per heavy atom. The zero-order valence-corrected chi connectivity index (χ0v) is 24.6. The van der Waals surface area contributed by atoms with Crippen LogP contribution in [0.2, 0.25) is 0 Å². The summed E-state index contributed by atoms with van der Waals surface area (Å²) in [7, 11) is 0. The van der Waals surface area contributed by atoms with Crippen LogP contribution in [0.15, 0.2) is 18.2 Å². The molecule has 0 aliphatic rings. The Morgan fingerprint density at radius 2 is 0.500 bits per heavy atom. The van der Waals surface area contributed by atoms with Gasteiger partial charge in [-0.25, -0.2) is 0 Å². The largest absolute Gasteiger partial charge is 1.00 e. The van der Waals surface area contributed by atoms with Crippen molar-refractivity contribution < 1.29 is 146 Å². The smallest absolute Gasteiger partial charge is 0.571 e. The van der Waals surface area contributed by atoms with Crippen LogP contribution in [0.5, 0.6) is 0 Å². The van der Waals surface area contributed by atoms with Gasteiger partial charge in [-0.15, -0.1) is 0 Å². The summed E-state index contributed by atoms with van der Waals surface area (Å²) in [6, 6.07) is -0.417. The molecule has 42 heavy (non-hydrogen) atoms. The van der Waals surface area contributed by atoms with Crippen LogP contribution < -0.4 is 15.3 Å². The first-order valence-electron chi connectivity index (χ1n) is 8.58. The fraction of sp³-hybridized carbons (Fsp3) is 0.400. The van der Waals surface area contributed by atoms with Gasteiger partial charge in [-0.3, -0.25) is 0 Å². The van der Waals surface area contributed by atoms with Crippen molar-refractivity contribution in [3.8, 4) is 0 Å². The predicted octanol–water partition coefficient (Wildman–Crippen LogP) is 6.22. The molecule has 252 valence electrons. The van der Waals surface area contributed by atoms with E-state index in [1.165, 1.54) is 0 Å². The monoisotopic (exact) mass is 1200 g/mol. The molecule has 0 aliphatic carbocycles. The molecule has 0 spiro atoms. The number of aromatic nitrogens is 6. The Kier molecular flexibility index (Phi) is 16.7. The number of halogens is 18. The average Bonchev–Trinajstić information content (AvgIpc) is 3.45. The molecule has 0 amide bonds. The van der Waals surface area contributed by atoms with Gasteiger partial charge in [0.2, 0.25) is 0 Å². The van der Waals surface area contributed by atoms with Crippen molar-refractivity contribution in [2.45, 2.75) is 37.1 Å². The third-order valence-electron chi connectivity index (χ3n) is 3.36. The molecule has 6 nitrogen and oxygen atoms in total. The van der Waals surface area contributed by atoms with E-state index in [0.29, 0.717) is 0 Å². The van der Waals surface area contributed by atoms with E-state index < -0.39 is 71.2 Å². The Labute approximate surface area is 265 Å². The molecule has 0 aromatic carbocycles. The fourth-order valence-electron chi connectivity index (χ4n) is 1.72. The first-order valence-corrected chi connectivity index (χ1v) is 8.58. The normalized spacial score (nSPS) is 12.4. The number of alkyl halides is 18. The molecular formula is C15H3Au3F18N6. The van der Waals surface area contributed by atoms with Crippen LogP contribution in [-0.2, 0) is 104 Å². The third kappa shape index (κ3) is 14.4. The Hall–Kier alpha value is -1.41. The first kappa shape index (κ1) is 45.0. The van der Waals surface area contributed by atoms with E-state index in [1.807, 2.05) is 0 Å². The molecule has 0 bridgehead atoms. The van der Waals surface area contributed by atoms with E-state index in [2.05, 4.69) is 30.6 Å². The van der Waals surface area contributed by atoms with Gasteiger partial charge >= 0.3 is 104 Å². The maximum Gasteiger partial charge on any atom is 1.00 e. The molecule has 0 N–H and O–H groups in total. The van der Waals surface area contributed by atoms with Gasteiger partial charge in [0, 0.05) is 0 Å². The van der Waals surface area contributed by atoms with E-state index in [-0.39, 0.29) is 85.3 Å². The minimum absolute atomic E-state index is 0. The molecule has 0 saturated carbocycles. The van der Waals surface area contributed by atoms with Gasteiger partial charge in [-0.05, 0) is 35.3 Å². The van der Waals surface area contributed by atoms with Crippen molar-refractivity contribution >= 4 is 0 Å². The van der Waals surface area contributed by atoms with E-state index in [4.69, 9.17) is 0 Å². The van der Waals surface area contributed by atoms with Crippen molar-refractivity contribution in [3.63, 3.8) is 0 Å². The molecule has 0 unspecified atom stereocenters. The zero-order valence-electron chi connectivity index (χ0n) is 18.1. The van der Waals surface area contributed by atoms with E-state index in [0.717, 1.165) is 0 Å². The maximum absolute atomic E-state index is 11.7. The second-order valence-electron chi connectivity index (χ2n) is 6.33. The number of hydrogen-bond acceptors (Lipinski definition) is 3. The van der Waals surface area contributed by atoms with Crippen LogP contribution >= 0.6 is 0 Å². The predicted molar refractivity (Wildman–Crippen MR) is 82.7 cm³/mol. The molecule has 0 aliphatic heterocycles. The standard InChI is InChI=1S/3C5HF6N2.3Au/c3*6-4(7,8)2-1-3(13-12-2)5(9,10)11;;;/h3*1H;;;/q3*-1;3*+1. The minimum Gasteiger partial charge on any atom is -0.571 e. The molecule has 3 aromatic rings. The summed E-state index contributed by atoms with van der Waals surface area (Å²) in [4.78, 5) is 0.